The zero-order valence-electron chi connectivity index (χ0n) is 9.37. The van der Waals surface area contributed by atoms with Crippen LogP contribution in [0.5, 0.6) is 0 Å². The van der Waals surface area contributed by atoms with E-state index in [1.807, 2.05) is 7.05 Å². The number of carbonyl (C=O) groups excluding carboxylic acids is 1. The number of nitrogens with one attached hydrogen (secondary N) is 1. The highest BCUT2D eigenvalue weighted by Crippen LogP contribution is 2.28. The lowest BCUT2D eigenvalue weighted by Crippen LogP contribution is -2.51. The van der Waals surface area contributed by atoms with Crippen LogP contribution in [0.3, 0.4) is 0 Å². The molecule has 0 bridgehead atoms. The smallest absolute Gasteiger partial charge is 0.228 e. The number of amides is 1. The molecular formula is C11H20N2O2. The van der Waals surface area contributed by atoms with Crippen molar-refractivity contribution in [1.29, 1.82) is 0 Å². The topological polar surface area (TPSA) is 41.6 Å². The molecule has 1 amide bonds. The van der Waals surface area contributed by atoms with E-state index in [-0.39, 0.29) is 11.8 Å². The van der Waals surface area contributed by atoms with Crippen LogP contribution in [-0.4, -0.2) is 50.7 Å². The van der Waals surface area contributed by atoms with Gasteiger partial charge in [-0.2, -0.15) is 0 Å². The minimum Gasteiger partial charge on any atom is -0.379 e. The van der Waals surface area contributed by atoms with Gasteiger partial charge in [-0.05, 0) is 18.8 Å². The number of hydrogen-bond donors (Lipinski definition) is 1. The quantitative estimate of drug-likeness (QED) is 0.635. The van der Waals surface area contributed by atoms with Gasteiger partial charge in [0.05, 0.1) is 12.5 Å². The van der Waals surface area contributed by atoms with Crippen LogP contribution >= 0.6 is 0 Å². The lowest BCUT2D eigenvalue weighted by atomic mass is 10.0. The van der Waals surface area contributed by atoms with Gasteiger partial charge in [0.15, 0.2) is 0 Å². The van der Waals surface area contributed by atoms with Crippen molar-refractivity contribution in [1.82, 2.24) is 10.2 Å². The Labute approximate surface area is 91.0 Å². The highest BCUT2D eigenvalue weighted by molar-refractivity contribution is 5.79. The van der Waals surface area contributed by atoms with E-state index < -0.39 is 0 Å². The Hall–Kier alpha value is -0.610. The van der Waals surface area contributed by atoms with Crippen molar-refractivity contribution >= 4 is 5.91 Å². The fraction of sp³-hybridized carbons (Fsp3) is 0.909. The van der Waals surface area contributed by atoms with Gasteiger partial charge in [-0.3, -0.25) is 4.79 Å². The van der Waals surface area contributed by atoms with E-state index in [9.17, 15) is 4.79 Å². The van der Waals surface area contributed by atoms with E-state index >= 15 is 0 Å². The third kappa shape index (κ3) is 3.18. The van der Waals surface area contributed by atoms with Crippen molar-refractivity contribution in [2.45, 2.75) is 12.8 Å². The number of nitrogens with zero attached hydrogens (tertiary/aromatic N) is 1. The monoisotopic (exact) mass is 212 g/mol. The molecule has 1 saturated heterocycles. The lowest BCUT2D eigenvalue weighted by molar-refractivity contribution is -0.136. The van der Waals surface area contributed by atoms with Crippen molar-refractivity contribution in [2.24, 2.45) is 11.8 Å². The molecule has 1 N–H and O–H groups in total. The van der Waals surface area contributed by atoms with Crippen LogP contribution in [-0.2, 0) is 9.53 Å². The normalized spacial score (nSPS) is 21.1. The Morgan fingerprint density at radius 2 is 2.20 bits per heavy atom. The molecule has 2 fully saturated rings. The van der Waals surface area contributed by atoms with E-state index in [0.717, 1.165) is 32.2 Å². The molecule has 1 aliphatic heterocycles. The maximum Gasteiger partial charge on any atom is 0.228 e. The third-order valence-corrected chi connectivity index (χ3v) is 3.13. The van der Waals surface area contributed by atoms with Crippen LogP contribution < -0.4 is 5.32 Å². The van der Waals surface area contributed by atoms with Crippen molar-refractivity contribution in [2.75, 3.05) is 39.9 Å². The molecule has 15 heavy (non-hydrogen) atoms. The molecule has 2 aliphatic rings. The van der Waals surface area contributed by atoms with E-state index in [2.05, 4.69) is 5.32 Å². The Bertz CT molecular complexity index is 225. The van der Waals surface area contributed by atoms with E-state index in [4.69, 9.17) is 4.74 Å². The minimum atomic E-state index is 0.207. The standard InChI is InChI=1S/C11H20N2O2/c1-13(11(14)10-6-12-7-10)4-5-15-8-9-2-3-9/h9-10,12H,2-8H2,1H3. The van der Waals surface area contributed by atoms with Gasteiger partial charge in [0.1, 0.15) is 0 Å². The summed E-state index contributed by atoms with van der Waals surface area (Å²) in [7, 11) is 1.86. The summed E-state index contributed by atoms with van der Waals surface area (Å²) in [6, 6.07) is 0. The Kier molecular flexibility index (Phi) is 3.59. The van der Waals surface area contributed by atoms with Crippen molar-refractivity contribution < 1.29 is 9.53 Å². The molecule has 1 aliphatic carbocycles. The number of carbonyl (C=O) groups is 1. The lowest BCUT2D eigenvalue weighted by Gasteiger charge is -2.30. The summed E-state index contributed by atoms with van der Waals surface area (Å²) in [5.74, 6) is 1.27. The molecule has 1 saturated carbocycles. The second kappa shape index (κ2) is 4.94. The summed E-state index contributed by atoms with van der Waals surface area (Å²) in [5.41, 5.74) is 0. The second-order valence-electron chi connectivity index (χ2n) is 4.63. The van der Waals surface area contributed by atoms with Crippen LogP contribution in [0, 0.1) is 11.8 Å². The van der Waals surface area contributed by atoms with Crippen LogP contribution in [0.1, 0.15) is 12.8 Å². The maximum absolute atomic E-state index is 11.7. The molecule has 0 radical (unpaired) electrons. The number of hydrogen-bond acceptors (Lipinski definition) is 3. The summed E-state index contributed by atoms with van der Waals surface area (Å²) in [4.78, 5) is 13.5. The van der Waals surface area contributed by atoms with E-state index in [0.29, 0.717) is 6.61 Å². The molecule has 1 heterocycles. The maximum atomic E-state index is 11.7. The minimum absolute atomic E-state index is 0.207. The van der Waals surface area contributed by atoms with Gasteiger partial charge in [-0.15, -0.1) is 0 Å². The van der Waals surface area contributed by atoms with Crippen LogP contribution in [0.25, 0.3) is 0 Å². The summed E-state index contributed by atoms with van der Waals surface area (Å²) in [6.07, 6.45) is 2.64. The molecule has 0 aromatic carbocycles. The predicted molar refractivity (Wildman–Crippen MR) is 57.5 cm³/mol. The van der Waals surface area contributed by atoms with Gasteiger partial charge in [0, 0.05) is 33.3 Å². The first-order chi connectivity index (χ1) is 7.27. The first-order valence-corrected chi connectivity index (χ1v) is 5.81. The first-order valence-electron chi connectivity index (χ1n) is 5.81. The summed E-state index contributed by atoms with van der Waals surface area (Å²) < 4.78 is 5.50. The second-order valence-corrected chi connectivity index (χ2v) is 4.63. The van der Waals surface area contributed by atoms with Gasteiger partial charge in [-0.25, -0.2) is 0 Å². The third-order valence-electron chi connectivity index (χ3n) is 3.13. The summed E-state index contributed by atoms with van der Waals surface area (Å²) in [6.45, 7) is 3.96. The average molecular weight is 212 g/mol. The van der Waals surface area contributed by atoms with Gasteiger partial charge in [0.25, 0.3) is 0 Å². The predicted octanol–water partition coefficient (Wildman–Crippen LogP) is 0.0908. The van der Waals surface area contributed by atoms with Crippen LogP contribution in [0.4, 0.5) is 0 Å². The fourth-order valence-corrected chi connectivity index (χ4v) is 1.62. The van der Waals surface area contributed by atoms with E-state index in [1.54, 1.807) is 4.90 Å². The number of rotatable bonds is 6. The zero-order chi connectivity index (χ0) is 10.7. The summed E-state index contributed by atoms with van der Waals surface area (Å²) in [5, 5.41) is 3.11. The Morgan fingerprint density at radius 1 is 1.47 bits per heavy atom. The highest BCUT2D eigenvalue weighted by Gasteiger charge is 2.27. The van der Waals surface area contributed by atoms with Crippen molar-refractivity contribution in [3.05, 3.63) is 0 Å². The molecule has 2 rings (SSSR count). The summed E-state index contributed by atoms with van der Waals surface area (Å²) >= 11 is 0. The molecule has 0 spiro atoms. The highest BCUT2D eigenvalue weighted by atomic mass is 16.5. The van der Waals surface area contributed by atoms with Gasteiger partial charge in [-0.1, -0.05) is 0 Å². The van der Waals surface area contributed by atoms with E-state index in [1.165, 1.54) is 12.8 Å². The Balaban J connectivity index is 1.54. The number of likely N-dealkylation sites (N-methyl/N-ethyl adjacent to an activating group) is 1. The first kappa shape index (κ1) is 10.9. The van der Waals surface area contributed by atoms with Crippen molar-refractivity contribution in [3.63, 3.8) is 0 Å². The molecule has 0 aromatic rings. The van der Waals surface area contributed by atoms with Gasteiger partial charge in [0.2, 0.25) is 5.91 Å². The SMILES string of the molecule is CN(CCOCC1CC1)C(=O)C1CNC1. The molecule has 4 nitrogen and oxygen atoms in total. The van der Waals surface area contributed by atoms with Gasteiger partial charge < -0.3 is 15.0 Å². The van der Waals surface area contributed by atoms with Crippen LogP contribution in [0.15, 0.2) is 0 Å². The molecule has 86 valence electrons. The number of ether oxygens (including phenoxy) is 1. The largest absolute Gasteiger partial charge is 0.379 e. The molecule has 0 aromatic heterocycles. The van der Waals surface area contributed by atoms with Gasteiger partial charge >= 0.3 is 0 Å². The molecule has 4 heteroatoms. The zero-order valence-corrected chi connectivity index (χ0v) is 9.37. The van der Waals surface area contributed by atoms with Crippen molar-refractivity contribution in [3.8, 4) is 0 Å². The molecule has 0 unspecified atom stereocenters. The fourth-order valence-electron chi connectivity index (χ4n) is 1.62. The van der Waals surface area contributed by atoms with Crippen LogP contribution in [0.2, 0.25) is 0 Å². The molecular weight excluding hydrogens is 192 g/mol. The molecule has 0 atom stereocenters. The Morgan fingerprint density at radius 3 is 2.73 bits per heavy atom. The average Bonchev–Trinajstić information content (AvgIpc) is 2.92.